The average molecular weight is 293 g/mol. The van der Waals surface area contributed by atoms with Crippen molar-refractivity contribution in [1.29, 1.82) is 0 Å². The van der Waals surface area contributed by atoms with Crippen LogP contribution in [0.25, 0.3) is 0 Å². The third kappa shape index (κ3) is 3.93. The summed E-state index contributed by atoms with van der Waals surface area (Å²) in [6, 6.07) is 2.91. The van der Waals surface area contributed by atoms with E-state index in [1.165, 1.54) is 0 Å². The first kappa shape index (κ1) is 16.9. The second kappa shape index (κ2) is 6.54. The predicted molar refractivity (Wildman–Crippen MR) is 68.4 cm³/mol. The first-order valence-corrected chi connectivity index (χ1v) is 6.42. The molecule has 0 aromatic heterocycles. The van der Waals surface area contributed by atoms with Crippen LogP contribution in [0.4, 0.5) is 17.6 Å². The maximum absolute atomic E-state index is 13.9. The van der Waals surface area contributed by atoms with E-state index in [4.69, 9.17) is 5.73 Å². The molecule has 1 aromatic carbocycles. The Morgan fingerprint density at radius 2 is 1.85 bits per heavy atom. The van der Waals surface area contributed by atoms with Gasteiger partial charge in [-0.2, -0.15) is 13.2 Å². The van der Waals surface area contributed by atoms with Crippen LogP contribution in [0.3, 0.4) is 0 Å². The van der Waals surface area contributed by atoms with Gasteiger partial charge in [-0.05, 0) is 24.9 Å². The minimum Gasteiger partial charge on any atom is -0.388 e. The second-order valence-electron chi connectivity index (χ2n) is 5.28. The fourth-order valence-electron chi connectivity index (χ4n) is 2.21. The lowest BCUT2D eigenvalue weighted by molar-refractivity contribution is -0.140. The van der Waals surface area contributed by atoms with Crippen molar-refractivity contribution in [3.63, 3.8) is 0 Å². The molecule has 0 radical (unpaired) electrons. The maximum atomic E-state index is 13.9. The second-order valence-corrected chi connectivity index (χ2v) is 5.28. The van der Waals surface area contributed by atoms with Crippen molar-refractivity contribution in [1.82, 2.24) is 0 Å². The molecule has 0 fully saturated rings. The number of aliphatic hydroxyl groups excluding tert-OH is 1. The van der Waals surface area contributed by atoms with Crippen molar-refractivity contribution >= 4 is 0 Å². The summed E-state index contributed by atoms with van der Waals surface area (Å²) in [6.45, 7) is 3.88. The fraction of sp³-hybridized carbons (Fsp3) is 0.571. The van der Waals surface area contributed by atoms with Crippen molar-refractivity contribution in [2.75, 3.05) is 6.54 Å². The van der Waals surface area contributed by atoms with Gasteiger partial charge in [0.1, 0.15) is 5.82 Å². The molecule has 20 heavy (non-hydrogen) atoms. The summed E-state index contributed by atoms with van der Waals surface area (Å²) in [6.07, 6.45) is -5.62. The Balaban J connectivity index is 3.13. The molecule has 2 unspecified atom stereocenters. The third-order valence-electron chi connectivity index (χ3n) is 3.18. The Morgan fingerprint density at radius 3 is 2.30 bits per heavy atom. The molecule has 0 saturated heterocycles. The van der Waals surface area contributed by atoms with Gasteiger partial charge in [-0.15, -0.1) is 0 Å². The van der Waals surface area contributed by atoms with Crippen molar-refractivity contribution in [3.05, 3.63) is 35.1 Å². The molecule has 6 heteroatoms. The molecule has 1 rings (SSSR count). The van der Waals surface area contributed by atoms with Crippen molar-refractivity contribution in [3.8, 4) is 0 Å². The first-order chi connectivity index (χ1) is 9.18. The van der Waals surface area contributed by atoms with Crippen LogP contribution in [0.2, 0.25) is 0 Å². The summed E-state index contributed by atoms with van der Waals surface area (Å²) in [5, 5.41) is 10.1. The lowest BCUT2D eigenvalue weighted by Crippen LogP contribution is -2.25. The predicted octanol–water partition coefficient (Wildman–Crippen LogP) is 3.50. The molecule has 2 nitrogen and oxygen atoms in total. The Kier molecular flexibility index (Phi) is 5.53. The van der Waals surface area contributed by atoms with Crippen LogP contribution in [0.15, 0.2) is 18.2 Å². The topological polar surface area (TPSA) is 46.2 Å². The molecule has 0 aliphatic heterocycles. The number of hydrogen-bond donors (Lipinski definition) is 2. The zero-order chi connectivity index (χ0) is 15.5. The lowest BCUT2D eigenvalue weighted by atomic mass is 9.87. The monoisotopic (exact) mass is 293 g/mol. The van der Waals surface area contributed by atoms with Gasteiger partial charge in [0.25, 0.3) is 0 Å². The Labute approximate surface area is 115 Å². The number of nitrogens with two attached hydrogens (primary N) is 1. The standard InChI is InChI=1S/C14H19F4NO/c1-8(2)6-9(7-19)13(20)10-4-3-5-11(12(10)15)14(16,17)18/h3-5,8-9,13,20H,6-7,19H2,1-2H3. The van der Waals surface area contributed by atoms with Gasteiger partial charge in [0.2, 0.25) is 0 Å². The highest BCUT2D eigenvalue weighted by molar-refractivity contribution is 5.30. The summed E-state index contributed by atoms with van der Waals surface area (Å²) >= 11 is 0. The summed E-state index contributed by atoms with van der Waals surface area (Å²) in [4.78, 5) is 0. The molecule has 0 bridgehead atoms. The Bertz CT molecular complexity index is 445. The summed E-state index contributed by atoms with van der Waals surface area (Å²) in [7, 11) is 0. The molecular formula is C14H19F4NO. The average Bonchev–Trinajstić information content (AvgIpc) is 2.33. The molecule has 114 valence electrons. The Morgan fingerprint density at radius 1 is 1.25 bits per heavy atom. The van der Waals surface area contributed by atoms with E-state index >= 15 is 0 Å². The minimum absolute atomic E-state index is 0.0784. The van der Waals surface area contributed by atoms with Gasteiger partial charge >= 0.3 is 6.18 Å². The lowest BCUT2D eigenvalue weighted by Gasteiger charge is -2.24. The van der Waals surface area contributed by atoms with Crippen molar-refractivity contribution in [2.45, 2.75) is 32.5 Å². The van der Waals surface area contributed by atoms with Gasteiger partial charge in [0, 0.05) is 11.5 Å². The van der Waals surface area contributed by atoms with Crippen LogP contribution in [-0.2, 0) is 6.18 Å². The molecule has 0 spiro atoms. The summed E-state index contributed by atoms with van der Waals surface area (Å²) in [5.74, 6) is -1.70. The highest BCUT2D eigenvalue weighted by Crippen LogP contribution is 2.36. The quantitative estimate of drug-likeness (QED) is 0.816. The van der Waals surface area contributed by atoms with Gasteiger partial charge < -0.3 is 10.8 Å². The SMILES string of the molecule is CC(C)CC(CN)C(O)c1cccc(C(F)(F)F)c1F. The molecule has 0 aliphatic carbocycles. The van der Waals surface area contributed by atoms with E-state index in [2.05, 4.69) is 0 Å². The van der Waals surface area contributed by atoms with E-state index in [1.807, 2.05) is 13.8 Å². The number of alkyl halides is 3. The van der Waals surface area contributed by atoms with Crippen LogP contribution in [0.1, 0.15) is 37.5 Å². The van der Waals surface area contributed by atoms with Crippen molar-refractivity contribution < 1.29 is 22.7 Å². The van der Waals surface area contributed by atoms with E-state index in [-0.39, 0.29) is 18.0 Å². The summed E-state index contributed by atoms with van der Waals surface area (Å²) in [5.41, 5.74) is 3.81. The van der Waals surface area contributed by atoms with E-state index in [0.717, 1.165) is 12.1 Å². The van der Waals surface area contributed by atoms with E-state index < -0.39 is 29.6 Å². The summed E-state index contributed by atoms with van der Waals surface area (Å²) < 4.78 is 51.8. The largest absolute Gasteiger partial charge is 0.419 e. The smallest absolute Gasteiger partial charge is 0.388 e. The van der Waals surface area contributed by atoms with E-state index in [1.54, 1.807) is 0 Å². The number of aliphatic hydroxyl groups is 1. The highest BCUT2D eigenvalue weighted by Gasteiger charge is 2.36. The molecule has 0 heterocycles. The molecule has 1 aromatic rings. The zero-order valence-corrected chi connectivity index (χ0v) is 11.4. The fourth-order valence-corrected chi connectivity index (χ4v) is 2.21. The molecule has 0 amide bonds. The van der Waals surface area contributed by atoms with Gasteiger partial charge in [-0.25, -0.2) is 4.39 Å². The van der Waals surface area contributed by atoms with Gasteiger partial charge in [-0.3, -0.25) is 0 Å². The van der Waals surface area contributed by atoms with Crippen LogP contribution < -0.4 is 5.73 Å². The van der Waals surface area contributed by atoms with Gasteiger partial charge in [-0.1, -0.05) is 26.0 Å². The third-order valence-corrected chi connectivity index (χ3v) is 3.18. The Hall–Kier alpha value is -1.14. The van der Waals surface area contributed by atoms with Crippen LogP contribution in [0.5, 0.6) is 0 Å². The number of benzene rings is 1. The van der Waals surface area contributed by atoms with Crippen LogP contribution in [0, 0.1) is 17.7 Å². The molecule has 0 aliphatic rings. The first-order valence-electron chi connectivity index (χ1n) is 6.42. The van der Waals surface area contributed by atoms with Crippen LogP contribution in [-0.4, -0.2) is 11.7 Å². The minimum atomic E-state index is -4.78. The van der Waals surface area contributed by atoms with E-state index in [9.17, 15) is 22.7 Å². The number of halogens is 4. The molecular weight excluding hydrogens is 274 g/mol. The van der Waals surface area contributed by atoms with Gasteiger partial charge in [0.15, 0.2) is 0 Å². The van der Waals surface area contributed by atoms with Crippen LogP contribution >= 0.6 is 0 Å². The number of hydrogen-bond acceptors (Lipinski definition) is 2. The van der Waals surface area contributed by atoms with Crippen molar-refractivity contribution in [2.24, 2.45) is 17.6 Å². The zero-order valence-electron chi connectivity index (χ0n) is 11.4. The molecule has 3 N–H and O–H groups in total. The molecule has 2 atom stereocenters. The normalized spacial score (nSPS) is 15.4. The number of rotatable bonds is 5. The molecule has 0 saturated carbocycles. The van der Waals surface area contributed by atoms with E-state index in [0.29, 0.717) is 12.5 Å². The maximum Gasteiger partial charge on any atom is 0.419 e. The van der Waals surface area contributed by atoms with Gasteiger partial charge in [0.05, 0.1) is 11.7 Å². The highest BCUT2D eigenvalue weighted by atomic mass is 19.4.